The minimum Gasteiger partial charge on any atom is -0.390 e. The van der Waals surface area contributed by atoms with Gasteiger partial charge in [0.15, 0.2) is 11.4 Å². The van der Waals surface area contributed by atoms with Gasteiger partial charge in [0, 0.05) is 59.7 Å². The molecule has 19 nitrogen and oxygen atoms in total. The second-order valence-corrected chi connectivity index (χ2v) is 15.9. The highest BCUT2D eigenvalue weighted by molar-refractivity contribution is 5.75. The molecule has 2 aliphatic heterocycles. The summed E-state index contributed by atoms with van der Waals surface area (Å²) < 4.78 is 104. The van der Waals surface area contributed by atoms with Gasteiger partial charge in [0.05, 0.1) is 76.0 Å². The monoisotopic (exact) mass is 1000 g/mol. The van der Waals surface area contributed by atoms with Crippen LogP contribution in [0.4, 0.5) is 38.0 Å². The Morgan fingerprint density at radius 2 is 1.48 bits per heavy atom. The van der Waals surface area contributed by atoms with E-state index in [-0.39, 0.29) is 29.6 Å². The zero-order valence-electron chi connectivity index (χ0n) is 39.8. The number of anilines is 2. The number of aliphatic hydroxyl groups is 2. The highest BCUT2D eigenvalue weighted by atomic mass is 19.4. The summed E-state index contributed by atoms with van der Waals surface area (Å²) in [5.74, 6) is -0.113. The number of halogens is 6. The van der Waals surface area contributed by atoms with E-state index in [0.717, 1.165) is 83.5 Å². The van der Waals surface area contributed by atoms with E-state index in [4.69, 9.17) is 39.9 Å². The lowest BCUT2D eigenvalue weighted by Crippen LogP contribution is -2.46. The van der Waals surface area contributed by atoms with E-state index in [2.05, 4.69) is 35.9 Å². The summed E-state index contributed by atoms with van der Waals surface area (Å²) in [5.41, 5.74) is 8.77. The molecule has 0 aromatic carbocycles. The number of carbonyl (C=O) groups excluding carboxylic acids is 2. The van der Waals surface area contributed by atoms with Gasteiger partial charge in [-0.2, -0.15) is 26.3 Å². The van der Waals surface area contributed by atoms with Gasteiger partial charge in [0.1, 0.15) is 23.8 Å². The number of aliphatic hydroxyl groups excluding tert-OH is 2. The third-order valence-corrected chi connectivity index (χ3v) is 9.71. The molecule has 0 bridgehead atoms. The molecule has 2 saturated heterocycles. The van der Waals surface area contributed by atoms with Crippen molar-refractivity contribution >= 4 is 24.0 Å². The minimum absolute atomic E-state index is 0.00142. The number of amides is 2. The van der Waals surface area contributed by atoms with Gasteiger partial charge >= 0.3 is 12.4 Å². The topological polar surface area (TPSA) is 270 Å². The molecule has 2 aliphatic rings. The Labute approximate surface area is 400 Å². The fourth-order valence-electron chi connectivity index (χ4n) is 6.07. The quantitative estimate of drug-likeness (QED) is 0.0352. The predicted octanol–water partition coefficient (Wildman–Crippen LogP) is 4.45. The Kier molecular flexibility index (Phi) is 35.2. The van der Waals surface area contributed by atoms with Crippen molar-refractivity contribution < 1.29 is 74.6 Å². The van der Waals surface area contributed by atoms with Crippen molar-refractivity contribution in [2.45, 2.75) is 133 Å². The van der Waals surface area contributed by atoms with Crippen LogP contribution in [-0.2, 0) is 50.4 Å². The molecule has 2 amide bonds. The highest BCUT2D eigenvalue weighted by Gasteiger charge is 2.34. The first-order chi connectivity index (χ1) is 33.0. The van der Waals surface area contributed by atoms with Crippen molar-refractivity contribution in [2.24, 2.45) is 5.73 Å². The Bertz CT molecular complexity index is 1590. The lowest BCUT2D eigenvalue weighted by atomic mass is 10.0. The molecule has 25 heteroatoms. The van der Waals surface area contributed by atoms with Crippen molar-refractivity contribution in [3.8, 4) is 0 Å². The van der Waals surface area contributed by atoms with E-state index in [1.54, 1.807) is 7.11 Å². The lowest BCUT2D eigenvalue weighted by Gasteiger charge is -2.31. The number of carbonyl (C=O) groups is 2. The Balaban J connectivity index is 0.000000510. The first-order valence-electron chi connectivity index (χ1n) is 23.3. The summed E-state index contributed by atoms with van der Waals surface area (Å²) in [4.78, 5) is 34.9. The van der Waals surface area contributed by atoms with Crippen LogP contribution in [0.1, 0.15) is 102 Å². The van der Waals surface area contributed by atoms with Crippen LogP contribution < -0.4 is 27.4 Å². The molecule has 5 unspecified atom stereocenters. The first-order valence-corrected chi connectivity index (χ1v) is 23.3. The fourth-order valence-corrected chi connectivity index (χ4v) is 6.07. The Morgan fingerprint density at radius 1 is 0.841 bits per heavy atom. The van der Waals surface area contributed by atoms with Gasteiger partial charge in [-0.3, -0.25) is 19.6 Å². The van der Waals surface area contributed by atoms with Crippen LogP contribution in [0.3, 0.4) is 0 Å². The standard InChI is InChI=1S/C21H42N2O7.C10H12F3N3O.C8H17NO2.C5H4F3N3/c1-2-10-27-14-17(22)15-29-12-8-20(25)23-9-5-3-4-6-11-28-16-19-21(26)18(24)7-13-30-19;11-10(12,13)8-4-14-5-9(16-8)15-7-2-1-3-17-6-7;1-11-7-5-3-2-4-6-9-8-10;6-5(7,8)3-1-10-2-4(9)11-3/h17-19,21,24,26H,2-16,22H2,1H3,(H,23,25);4-5,7H,1-3,6H2,(H,15,16);8H,2-7H2,1H3,(H,9,10);1-2H,(H2,9,11). The van der Waals surface area contributed by atoms with Crippen LogP contribution >= 0.6 is 0 Å². The van der Waals surface area contributed by atoms with Gasteiger partial charge in [-0.25, -0.2) is 9.97 Å². The number of ether oxygens (including phenoxy) is 6. The number of rotatable bonds is 28. The molecule has 2 aromatic heterocycles. The van der Waals surface area contributed by atoms with Gasteiger partial charge in [-0.1, -0.05) is 32.6 Å². The molecule has 2 aromatic rings. The Morgan fingerprint density at radius 3 is 2.09 bits per heavy atom. The largest absolute Gasteiger partial charge is 0.434 e. The number of aromatic nitrogens is 4. The second-order valence-electron chi connectivity index (χ2n) is 15.9. The second kappa shape index (κ2) is 38.6. The normalized spacial score (nSPS) is 18.5. The van der Waals surface area contributed by atoms with Crippen LogP contribution in [0, 0.1) is 0 Å². The molecule has 0 radical (unpaired) electrons. The van der Waals surface area contributed by atoms with Gasteiger partial charge in [0.25, 0.3) is 0 Å². The number of hydrogen-bond acceptors (Lipinski definition) is 17. The molecule has 0 spiro atoms. The summed E-state index contributed by atoms with van der Waals surface area (Å²) in [6, 6.07) is -0.156. The van der Waals surface area contributed by atoms with Crippen molar-refractivity contribution in [1.29, 1.82) is 0 Å². The van der Waals surface area contributed by atoms with E-state index in [0.29, 0.717) is 91.2 Å². The van der Waals surface area contributed by atoms with Gasteiger partial charge in [-0.15, -0.1) is 0 Å². The fraction of sp³-hybridized carbons (Fsp3) is 0.773. The number of nitrogens with two attached hydrogens (primary N) is 2. The molecule has 4 rings (SSSR count). The van der Waals surface area contributed by atoms with Crippen LogP contribution in [0.5, 0.6) is 0 Å². The summed E-state index contributed by atoms with van der Waals surface area (Å²) in [5, 5.41) is 27.8. The van der Waals surface area contributed by atoms with E-state index in [1.807, 2.05) is 6.92 Å². The number of nitrogens with zero attached hydrogens (tertiary/aromatic N) is 4. The van der Waals surface area contributed by atoms with Gasteiger partial charge < -0.3 is 66.1 Å². The minimum atomic E-state index is -4.47. The molecular weight excluding hydrogens is 929 g/mol. The van der Waals surface area contributed by atoms with Crippen LogP contribution in [0.15, 0.2) is 24.8 Å². The molecule has 5 atom stereocenters. The first kappa shape index (κ1) is 62.9. The third kappa shape index (κ3) is 33.2. The molecule has 0 saturated carbocycles. The number of nitrogens with one attached hydrogen (secondary N) is 3. The van der Waals surface area contributed by atoms with Crippen molar-refractivity contribution in [3.05, 3.63) is 36.2 Å². The van der Waals surface area contributed by atoms with Crippen LogP contribution in [0.25, 0.3) is 0 Å². The maximum absolute atomic E-state index is 12.4. The summed E-state index contributed by atoms with van der Waals surface area (Å²) in [7, 11) is 1.72. The van der Waals surface area contributed by atoms with Crippen molar-refractivity contribution in [3.63, 3.8) is 0 Å². The average molecular weight is 1000 g/mol. The number of methoxy groups -OCH3 is 1. The van der Waals surface area contributed by atoms with Gasteiger partial charge in [0.2, 0.25) is 12.3 Å². The van der Waals surface area contributed by atoms with E-state index >= 15 is 0 Å². The predicted molar refractivity (Wildman–Crippen MR) is 244 cm³/mol. The Hall–Kier alpha value is -4.08. The molecule has 9 N–H and O–H groups in total. The SMILES string of the molecule is CCCOCC(N)COCCC(=O)NCCCCCCOCC1OCCC(O)C1O.COCCCCCCNC=O.FC(F)(F)c1cncc(NC2CCCOC2)n1.Nc1cncc(C(F)(F)F)n1. The van der Waals surface area contributed by atoms with Crippen LogP contribution in [-0.4, -0.2) is 159 Å². The van der Waals surface area contributed by atoms with Gasteiger partial charge in [-0.05, 0) is 51.4 Å². The maximum Gasteiger partial charge on any atom is 0.434 e. The van der Waals surface area contributed by atoms with E-state index < -0.39 is 42.1 Å². The smallest absolute Gasteiger partial charge is 0.390 e. The molecule has 4 heterocycles. The lowest BCUT2D eigenvalue weighted by molar-refractivity contribution is -0.154. The zero-order chi connectivity index (χ0) is 51.2. The van der Waals surface area contributed by atoms with E-state index in [9.17, 15) is 46.1 Å². The summed E-state index contributed by atoms with van der Waals surface area (Å²) in [6.07, 6.45) is 5.35. The van der Waals surface area contributed by atoms with E-state index in [1.165, 1.54) is 19.0 Å². The maximum atomic E-state index is 12.4. The number of nitrogen functional groups attached to an aromatic ring is 1. The number of unbranched alkanes of at least 4 members (excludes halogenated alkanes) is 6. The highest BCUT2D eigenvalue weighted by Crippen LogP contribution is 2.28. The third-order valence-electron chi connectivity index (χ3n) is 9.71. The number of hydrogen-bond donors (Lipinski definition) is 7. The summed E-state index contributed by atoms with van der Waals surface area (Å²) >= 11 is 0. The van der Waals surface area contributed by atoms with Crippen molar-refractivity contribution in [2.75, 3.05) is 97.3 Å². The molecule has 69 heavy (non-hydrogen) atoms. The molecule has 2 fully saturated rings. The number of alkyl halides is 6. The average Bonchev–Trinajstić information content (AvgIpc) is 3.31. The summed E-state index contributed by atoms with van der Waals surface area (Å²) in [6.45, 7) is 8.82. The zero-order valence-corrected chi connectivity index (χ0v) is 39.8. The van der Waals surface area contributed by atoms with Crippen molar-refractivity contribution in [1.82, 2.24) is 30.6 Å². The molecule has 0 aliphatic carbocycles. The van der Waals surface area contributed by atoms with Crippen LogP contribution in [0.2, 0.25) is 0 Å². The molecule has 398 valence electrons. The molecular formula is C44H75F6N9O10.